The van der Waals surface area contributed by atoms with Crippen LogP contribution in [0.1, 0.15) is 51.0 Å². The molecule has 0 aromatic heterocycles. The number of anilines is 1. The van der Waals surface area contributed by atoms with Crippen LogP contribution in [0.3, 0.4) is 0 Å². The molecule has 1 aliphatic carbocycles. The maximum absolute atomic E-state index is 13.3. The molecule has 0 bridgehead atoms. The summed E-state index contributed by atoms with van der Waals surface area (Å²) in [7, 11) is -3.62. The molecule has 1 saturated carbocycles. The van der Waals surface area contributed by atoms with E-state index in [2.05, 4.69) is 5.32 Å². The van der Waals surface area contributed by atoms with E-state index in [1.54, 1.807) is 11.8 Å². The molecular formula is C27H36FN3O4S. The van der Waals surface area contributed by atoms with Crippen molar-refractivity contribution in [3.8, 4) is 0 Å². The molecule has 3 rings (SSSR count). The summed E-state index contributed by atoms with van der Waals surface area (Å²) in [5.74, 6) is -0.818. The zero-order valence-electron chi connectivity index (χ0n) is 21.0. The minimum absolute atomic E-state index is 0.0748. The molecule has 1 atom stereocenters. The number of sulfonamides is 1. The van der Waals surface area contributed by atoms with Crippen molar-refractivity contribution in [3.05, 3.63) is 66.0 Å². The van der Waals surface area contributed by atoms with Gasteiger partial charge in [0.2, 0.25) is 21.8 Å². The highest BCUT2D eigenvalue weighted by atomic mass is 32.2. The van der Waals surface area contributed by atoms with Gasteiger partial charge < -0.3 is 10.2 Å². The van der Waals surface area contributed by atoms with Crippen molar-refractivity contribution < 1.29 is 22.4 Å². The molecule has 0 heterocycles. The van der Waals surface area contributed by atoms with Gasteiger partial charge in [0.1, 0.15) is 11.9 Å². The molecule has 2 aromatic rings. The minimum atomic E-state index is -3.62. The van der Waals surface area contributed by atoms with E-state index in [1.165, 1.54) is 28.6 Å². The molecule has 0 spiro atoms. The minimum Gasteiger partial charge on any atom is -0.352 e. The van der Waals surface area contributed by atoms with Crippen molar-refractivity contribution in [2.24, 2.45) is 0 Å². The molecule has 36 heavy (non-hydrogen) atoms. The lowest BCUT2D eigenvalue weighted by molar-refractivity contribution is -0.140. The van der Waals surface area contributed by atoms with Crippen molar-refractivity contribution in [3.63, 3.8) is 0 Å². The fourth-order valence-corrected chi connectivity index (χ4v) is 5.54. The first kappa shape index (κ1) is 27.6. The van der Waals surface area contributed by atoms with Gasteiger partial charge in [0, 0.05) is 25.6 Å². The highest BCUT2D eigenvalue weighted by Crippen LogP contribution is 2.20. The van der Waals surface area contributed by atoms with E-state index in [0.29, 0.717) is 18.7 Å². The molecule has 0 aliphatic heterocycles. The van der Waals surface area contributed by atoms with Crippen molar-refractivity contribution in [2.45, 2.75) is 64.0 Å². The first-order valence-electron chi connectivity index (χ1n) is 12.5. The Labute approximate surface area is 213 Å². The van der Waals surface area contributed by atoms with Gasteiger partial charge >= 0.3 is 0 Å². The van der Waals surface area contributed by atoms with E-state index < -0.39 is 21.9 Å². The average molecular weight is 518 g/mol. The molecule has 2 amide bonds. The summed E-state index contributed by atoms with van der Waals surface area (Å²) in [6.45, 7) is 2.20. The first-order chi connectivity index (χ1) is 17.1. The van der Waals surface area contributed by atoms with Crippen molar-refractivity contribution in [1.82, 2.24) is 10.2 Å². The third-order valence-corrected chi connectivity index (χ3v) is 7.81. The number of carbonyl (C=O) groups excluding carboxylic acids is 2. The number of benzene rings is 2. The molecule has 1 aliphatic rings. The summed E-state index contributed by atoms with van der Waals surface area (Å²) in [6.07, 6.45) is 6.16. The van der Waals surface area contributed by atoms with E-state index in [0.717, 1.165) is 37.5 Å². The van der Waals surface area contributed by atoms with Crippen molar-refractivity contribution in [2.75, 3.05) is 23.7 Å². The smallest absolute Gasteiger partial charge is 0.242 e. The number of nitrogens with zero attached hydrogens (tertiary/aromatic N) is 2. The summed E-state index contributed by atoms with van der Waals surface area (Å²) in [5.41, 5.74) is 1.41. The maximum atomic E-state index is 13.3. The standard InChI is InChI=1S/C27H36FN3O4S/c1-21(27(33)29-24-11-6-7-12-24)30(20-18-22-9-4-3-5-10-22)26(32)13-8-19-31(36(2,34)35)25-16-14-23(28)15-17-25/h3-5,9-10,14-17,21,24H,6-8,11-13,18-20H2,1-2H3,(H,29,33)/t21-/m0/s1. The predicted octanol–water partition coefficient (Wildman–Crippen LogP) is 3.89. The fraction of sp³-hybridized carbons (Fsp3) is 0.481. The largest absolute Gasteiger partial charge is 0.352 e. The summed E-state index contributed by atoms with van der Waals surface area (Å²) in [6, 6.07) is 14.5. The van der Waals surface area contributed by atoms with Gasteiger partial charge in [-0.2, -0.15) is 0 Å². The number of amides is 2. The van der Waals surface area contributed by atoms with Gasteiger partial charge in [-0.05, 0) is 62.4 Å². The molecule has 1 fully saturated rings. The number of hydrogen-bond donors (Lipinski definition) is 1. The van der Waals surface area contributed by atoms with Crippen LogP contribution in [0.2, 0.25) is 0 Å². The van der Waals surface area contributed by atoms with Crippen molar-refractivity contribution >= 4 is 27.5 Å². The normalized spacial score (nSPS) is 14.9. The van der Waals surface area contributed by atoms with Gasteiger partial charge in [0.15, 0.2) is 0 Å². The predicted molar refractivity (Wildman–Crippen MR) is 140 cm³/mol. The maximum Gasteiger partial charge on any atom is 0.242 e. The van der Waals surface area contributed by atoms with Gasteiger partial charge in [-0.3, -0.25) is 13.9 Å². The van der Waals surface area contributed by atoms with Crippen LogP contribution in [0.25, 0.3) is 0 Å². The van der Waals surface area contributed by atoms with Gasteiger partial charge in [0.25, 0.3) is 0 Å². The van der Waals surface area contributed by atoms with Crippen LogP contribution < -0.4 is 9.62 Å². The monoisotopic (exact) mass is 517 g/mol. The lowest BCUT2D eigenvalue weighted by Gasteiger charge is -2.30. The van der Waals surface area contributed by atoms with E-state index in [4.69, 9.17) is 0 Å². The first-order valence-corrected chi connectivity index (χ1v) is 14.4. The highest BCUT2D eigenvalue weighted by Gasteiger charge is 2.28. The topological polar surface area (TPSA) is 86.8 Å². The van der Waals surface area contributed by atoms with E-state index in [9.17, 15) is 22.4 Å². The third-order valence-electron chi connectivity index (χ3n) is 6.62. The van der Waals surface area contributed by atoms with Crippen LogP contribution >= 0.6 is 0 Å². The molecule has 0 radical (unpaired) electrons. The number of halogens is 1. The van der Waals surface area contributed by atoms with Gasteiger partial charge in [-0.1, -0.05) is 43.2 Å². The Hall–Kier alpha value is -2.94. The third kappa shape index (κ3) is 8.05. The lowest BCUT2D eigenvalue weighted by Crippen LogP contribution is -2.50. The van der Waals surface area contributed by atoms with E-state index >= 15 is 0 Å². The molecule has 7 nitrogen and oxygen atoms in total. The molecule has 0 unspecified atom stereocenters. The van der Waals surface area contributed by atoms with Crippen LogP contribution in [0, 0.1) is 5.82 Å². The van der Waals surface area contributed by atoms with Gasteiger partial charge in [-0.15, -0.1) is 0 Å². The Kier molecular flexibility index (Phi) is 9.87. The number of rotatable bonds is 12. The van der Waals surface area contributed by atoms with Crippen molar-refractivity contribution in [1.29, 1.82) is 0 Å². The van der Waals surface area contributed by atoms with Crippen LogP contribution in [0.15, 0.2) is 54.6 Å². The summed E-state index contributed by atoms with van der Waals surface area (Å²) >= 11 is 0. The summed E-state index contributed by atoms with van der Waals surface area (Å²) in [5, 5.41) is 3.08. The fourth-order valence-electron chi connectivity index (χ4n) is 4.57. The molecule has 9 heteroatoms. The average Bonchev–Trinajstić information content (AvgIpc) is 3.35. The highest BCUT2D eigenvalue weighted by molar-refractivity contribution is 7.92. The zero-order chi connectivity index (χ0) is 26.1. The number of carbonyl (C=O) groups is 2. The zero-order valence-corrected chi connectivity index (χ0v) is 21.8. The van der Waals surface area contributed by atoms with Crippen LogP contribution in [0.5, 0.6) is 0 Å². The Balaban J connectivity index is 1.66. The summed E-state index contributed by atoms with van der Waals surface area (Å²) in [4.78, 5) is 27.8. The van der Waals surface area contributed by atoms with E-state index in [1.807, 2.05) is 30.3 Å². The Morgan fingerprint density at radius 1 is 1.03 bits per heavy atom. The van der Waals surface area contributed by atoms with Gasteiger partial charge in [-0.25, -0.2) is 12.8 Å². The quantitative estimate of drug-likeness (QED) is 0.463. The molecule has 1 N–H and O–H groups in total. The second kappa shape index (κ2) is 12.9. The van der Waals surface area contributed by atoms with Crippen LogP contribution in [-0.4, -0.2) is 56.6 Å². The Morgan fingerprint density at radius 2 is 1.67 bits per heavy atom. The summed E-state index contributed by atoms with van der Waals surface area (Å²) < 4.78 is 39.1. The Morgan fingerprint density at radius 3 is 2.28 bits per heavy atom. The number of hydrogen-bond acceptors (Lipinski definition) is 4. The molecule has 0 saturated heterocycles. The second-order valence-corrected chi connectivity index (χ2v) is 11.3. The van der Waals surface area contributed by atoms with Crippen LogP contribution in [0.4, 0.5) is 10.1 Å². The van der Waals surface area contributed by atoms with E-state index in [-0.39, 0.29) is 37.2 Å². The Bertz CT molecular complexity index is 1100. The van der Waals surface area contributed by atoms with Gasteiger partial charge in [0.05, 0.1) is 11.9 Å². The number of nitrogens with one attached hydrogen (secondary N) is 1. The second-order valence-electron chi connectivity index (χ2n) is 9.40. The SMILES string of the molecule is C[C@@H](C(=O)NC1CCCC1)N(CCc1ccccc1)C(=O)CCCN(c1ccc(F)cc1)S(C)(=O)=O. The van der Waals surface area contributed by atoms with Crippen LogP contribution in [-0.2, 0) is 26.0 Å². The molecule has 196 valence electrons. The molecular weight excluding hydrogens is 481 g/mol. The molecule has 2 aromatic carbocycles. The lowest BCUT2D eigenvalue weighted by atomic mass is 10.1.